The zero-order chi connectivity index (χ0) is 22.2. The summed E-state index contributed by atoms with van der Waals surface area (Å²) in [5.41, 5.74) is 5.57. The van der Waals surface area contributed by atoms with Crippen LogP contribution in [0.3, 0.4) is 0 Å². The summed E-state index contributed by atoms with van der Waals surface area (Å²) < 4.78 is 5.32. The van der Waals surface area contributed by atoms with Gasteiger partial charge in [-0.05, 0) is 73.5 Å². The molecule has 3 aromatic rings. The third-order valence-electron chi connectivity index (χ3n) is 4.46. The van der Waals surface area contributed by atoms with E-state index in [0.717, 1.165) is 5.56 Å². The van der Waals surface area contributed by atoms with Gasteiger partial charge in [0.2, 0.25) is 0 Å². The highest BCUT2D eigenvalue weighted by Gasteiger charge is 2.10. The molecule has 158 valence electrons. The monoisotopic (exact) mass is 417 g/mol. The van der Waals surface area contributed by atoms with Crippen LogP contribution in [0.1, 0.15) is 38.8 Å². The Labute approximate surface area is 180 Å². The van der Waals surface area contributed by atoms with Crippen molar-refractivity contribution in [3.8, 4) is 11.5 Å². The van der Waals surface area contributed by atoms with Crippen LogP contribution in [0, 0.1) is 6.92 Å². The van der Waals surface area contributed by atoms with Gasteiger partial charge in [0.25, 0.3) is 11.8 Å². The van der Waals surface area contributed by atoms with Gasteiger partial charge in [-0.25, -0.2) is 5.43 Å². The van der Waals surface area contributed by atoms with Gasteiger partial charge < -0.3 is 15.2 Å². The number of nitrogens with one attached hydrogen (secondary N) is 2. The lowest BCUT2D eigenvalue weighted by Crippen LogP contribution is -2.18. The molecule has 2 amide bonds. The largest absolute Gasteiger partial charge is 0.504 e. The van der Waals surface area contributed by atoms with Crippen LogP contribution in [0.4, 0.5) is 5.69 Å². The highest BCUT2D eigenvalue weighted by molar-refractivity contribution is 6.05. The van der Waals surface area contributed by atoms with Crippen molar-refractivity contribution >= 4 is 23.7 Å². The maximum absolute atomic E-state index is 12.4. The molecule has 0 aliphatic rings. The van der Waals surface area contributed by atoms with E-state index in [0.29, 0.717) is 34.7 Å². The molecule has 0 heterocycles. The minimum absolute atomic E-state index is 0.0395. The summed E-state index contributed by atoms with van der Waals surface area (Å²) in [4.78, 5) is 24.7. The average molecular weight is 417 g/mol. The first-order valence-electron chi connectivity index (χ1n) is 9.74. The summed E-state index contributed by atoms with van der Waals surface area (Å²) in [6.45, 7) is 4.12. The first-order valence-corrected chi connectivity index (χ1v) is 9.74. The second-order valence-corrected chi connectivity index (χ2v) is 6.71. The lowest BCUT2D eigenvalue weighted by Gasteiger charge is -2.08. The van der Waals surface area contributed by atoms with Crippen molar-refractivity contribution in [2.75, 3.05) is 11.9 Å². The molecule has 3 N–H and O–H groups in total. The van der Waals surface area contributed by atoms with Crippen molar-refractivity contribution in [1.82, 2.24) is 5.43 Å². The summed E-state index contributed by atoms with van der Waals surface area (Å²) >= 11 is 0. The van der Waals surface area contributed by atoms with Crippen molar-refractivity contribution in [3.05, 3.63) is 89.0 Å². The highest BCUT2D eigenvalue weighted by atomic mass is 16.5. The van der Waals surface area contributed by atoms with Crippen LogP contribution in [0.5, 0.6) is 11.5 Å². The zero-order valence-electron chi connectivity index (χ0n) is 17.3. The van der Waals surface area contributed by atoms with E-state index in [9.17, 15) is 14.7 Å². The lowest BCUT2D eigenvalue weighted by molar-refractivity contribution is 0.0954. The third kappa shape index (κ3) is 5.70. The Kier molecular flexibility index (Phi) is 7.01. The molecule has 7 nitrogen and oxygen atoms in total. The number of amides is 2. The van der Waals surface area contributed by atoms with Gasteiger partial charge in [-0.2, -0.15) is 5.10 Å². The van der Waals surface area contributed by atoms with E-state index in [2.05, 4.69) is 15.8 Å². The van der Waals surface area contributed by atoms with E-state index in [1.165, 1.54) is 12.3 Å². The van der Waals surface area contributed by atoms with Crippen molar-refractivity contribution in [2.45, 2.75) is 13.8 Å². The third-order valence-corrected chi connectivity index (χ3v) is 4.46. The molecule has 0 spiro atoms. The van der Waals surface area contributed by atoms with Crippen LogP contribution >= 0.6 is 0 Å². The number of hydrogen-bond acceptors (Lipinski definition) is 5. The van der Waals surface area contributed by atoms with Gasteiger partial charge in [0.05, 0.1) is 12.8 Å². The number of anilines is 1. The van der Waals surface area contributed by atoms with Gasteiger partial charge in [0, 0.05) is 16.8 Å². The highest BCUT2D eigenvalue weighted by Crippen LogP contribution is 2.26. The molecular formula is C24H23N3O4. The van der Waals surface area contributed by atoms with Crippen molar-refractivity contribution in [2.24, 2.45) is 5.10 Å². The molecule has 0 saturated carbocycles. The Morgan fingerprint density at radius 2 is 1.77 bits per heavy atom. The maximum atomic E-state index is 12.4. The molecule has 0 aliphatic heterocycles. The Hall–Kier alpha value is -4.13. The number of phenolic OH excluding ortho intramolecular Hbond substituents is 1. The van der Waals surface area contributed by atoms with E-state index >= 15 is 0 Å². The van der Waals surface area contributed by atoms with Crippen molar-refractivity contribution < 1.29 is 19.4 Å². The van der Waals surface area contributed by atoms with Crippen molar-refractivity contribution in [1.29, 1.82) is 0 Å². The minimum Gasteiger partial charge on any atom is -0.504 e. The number of hydrazone groups is 1. The first kappa shape index (κ1) is 21.6. The van der Waals surface area contributed by atoms with Gasteiger partial charge in [-0.15, -0.1) is 0 Å². The topological polar surface area (TPSA) is 100 Å². The molecule has 0 unspecified atom stereocenters. The van der Waals surface area contributed by atoms with E-state index in [1.807, 2.05) is 32.0 Å². The van der Waals surface area contributed by atoms with Gasteiger partial charge in [-0.1, -0.05) is 18.2 Å². The van der Waals surface area contributed by atoms with Crippen molar-refractivity contribution in [3.63, 3.8) is 0 Å². The summed E-state index contributed by atoms with van der Waals surface area (Å²) in [6.07, 6.45) is 1.46. The lowest BCUT2D eigenvalue weighted by atomic mass is 10.1. The van der Waals surface area contributed by atoms with Crippen LogP contribution in [0.25, 0.3) is 0 Å². The zero-order valence-corrected chi connectivity index (χ0v) is 17.3. The van der Waals surface area contributed by atoms with Gasteiger partial charge in [0.15, 0.2) is 11.5 Å². The molecule has 0 saturated heterocycles. The summed E-state index contributed by atoms with van der Waals surface area (Å²) in [5.74, 6) is -0.212. The number of aryl methyl sites for hydroxylation is 1. The molecule has 0 fully saturated rings. The fraction of sp³-hybridized carbons (Fsp3) is 0.125. The van der Waals surface area contributed by atoms with Gasteiger partial charge >= 0.3 is 0 Å². The van der Waals surface area contributed by atoms with E-state index in [4.69, 9.17) is 4.74 Å². The molecule has 0 atom stereocenters. The molecule has 0 bridgehead atoms. The van der Waals surface area contributed by atoms with E-state index in [1.54, 1.807) is 42.5 Å². The Bertz CT molecular complexity index is 1110. The predicted octanol–water partition coefficient (Wildman–Crippen LogP) is 4.12. The number of rotatable bonds is 7. The molecule has 7 heteroatoms. The number of aromatic hydroxyl groups is 1. The Balaban J connectivity index is 1.59. The number of hydrogen-bond donors (Lipinski definition) is 3. The number of carbonyl (C=O) groups is 2. The molecule has 3 rings (SSSR count). The summed E-state index contributed by atoms with van der Waals surface area (Å²) in [6, 6.07) is 18.6. The predicted molar refractivity (Wildman–Crippen MR) is 120 cm³/mol. The van der Waals surface area contributed by atoms with Crippen LogP contribution in [-0.2, 0) is 0 Å². The smallest absolute Gasteiger partial charge is 0.271 e. The van der Waals surface area contributed by atoms with Gasteiger partial charge in [-0.3, -0.25) is 9.59 Å². The SMILES string of the molecule is CCOc1cc(C=NNC(=O)c2ccc(NC(=O)c3ccccc3C)cc2)ccc1O. The molecular weight excluding hydrogens is 394 g/mol. The average Bonchev–Trinajstić information content (AvgIpc) is 2.77. The number of benzene rings is 3. The molecule has 0 aromatic heterocycles. The van der Waals surface area contributed by atoms with E-state index in [-0.39, 0.29) is 11.7 Å². The van der Waals surface area contributed by atoms with E-state index < -0.39 is 5.91 Å². The molecule has 31 heavy (non-hydrogen) atoms. The molecule has 0 aliphatic carbocycles. The molecule has 3 aromatic carbocycles. The molecule has 0 radical (unpaired) electrons. The fourth-order valence-electron chi connectivity index (χ4n) is 2.84. The van der Waals surface area contributed by atoms with Gasteiger partial charge in [0.1, 0.15) is 0 Å². The van der Waals surface area contributed by atoms with Crippen LogP contribution in [-0.4, -0.2) is 29.7 Å². The summed E-state index contributed by atoms with van der Waals surface area (Å²) in [7, 11) is 0. The van der Waals surface area contributed by atoms with Crippen LogP contribution in [0.2, 0.25) is 0 Å². The Morgan fingerprint density at radius 1 is 1.03 bits per heavy atom. The Morgan fingerprint density at radius 3 is 2.48 bits per heavy atom. The fourth-order valence-corrected chi connectivity index (χ4v) is 2.84. The summed E-state index contributed by atoms with van der Waals surface area (Å²) in [5, 5.41) is 16.5. The van der Waals surface area contributed by atoms with Crippen LogP contribution in [0.15, 0.2) is 71.8 Å². The standard InChI is InChI=1S/C24H23N3O4/c1-3-31-22-14-17(8-13-21(22)28)15-25-27-23(29)18-9-11-19(12-10-18)26-24(30)20-7-5-4-6-16(20)2/h4-15,28H,3H2,1-2H3,(H,26,30)(H,27,29). The quantitative estimate of drug-likeness (QED) is 0.398. The normalized spacial score (nSPS) is 10.6. The number of phenols is 1. The first-order chi connectivity index (χ1) is 15.0. The number of carbonyl (C=O) groups excluding carboxylic acids is 2. The minimum atomic E-state index is -0.392. The second kappa shape index (κ2) is 10.1. The number of ether oxygens (including phenoxy) is 1. The second-order valence-electron chi connectivity index (χ2n) is 6.71. The van der Waals surface area contributed by atoms with Crippen LogP contribution < -0.4 is 15.5 Å². The number of nitrogens with zero attached hydrogens (tertiary/aromatic N) is 1. The maximum Gasteiger partial charge on any atom is 0.271 e.